The van der Waals surface area contributed by atoms with Crippen LogP contribution in [0.1, 0.15) is 20.3 Å². The van der Waals surface area contributed by atoms with Crippen molar-refractivity contribution in [3.05, 3.63) is 0 Å². The molecular formula is C10H24Br2N2O. The van der Waals surface area contributed by atoms with Gasteiger partial charge < -0.3 is 5.11 Å². The van der Waals surface area contributed by atoms with Crippen LogP contribution in [0.2, 0.25) is 0 Å². The van der Waals surface area contributed by atoms with Gasteiger partial charge in [-0.05, 0) is 13.3 Å². The zero-order valence-electron chi connectivity index (χ0n) is 9.69. The number of rotatable bonds is 4. The molecule has 1 rings (SSSR count). The summed E-state index contributed by atoms with van der Waals surface area (Å²) in [5, 5.41) is 8.78. The molecule has 1 aliphatic heterocycles. The van der Waals surface area contributed by atoms with Crippen molar-refractivity contribution in [2.24, 2.45) is 0 Å². The fourth-order valence-electron chi connectivity index (χ4n) is 1.83. The molecule has 94 valence electrons. The van der Waals surface area contributed by atoms with Crippen LogP contribution in [0.5, 0.6) is 0 Å². The van der Waals surface area contributed by atoms with E-state index in [-0.39, 0.29) is 34.0 Å². The van der Waals surface area contributed by atoms with Gasteiger partial charge >= 0.3 is 0 Å². The fourth-order valence-corrected chi connectivity index (χ4v) is 1.83. The van der Waals surface area contributed by atoms with E-state index in [1.165, 1.54) is 6.42 Å². The van der Waals surface area contributed by atoms with Gasteiger partial charge in [0.1, 0.15) is 0 Å². The first-order chi connectivity index (χ1) is 6.27. The zero-order valence-corrected chi connectivity index (χ0v) is 13.1. The maximum Gasteiger partial charge on any atom is 0.0558 e. The first-order valence-corrected chi connectivity index (χ1v) is 5.35. The molecule has 5 heteroatoms. The molecule has 1 N–H and O–H groups in total. The first-order valence-electron chi connectivity index (χ1n) is 5.35. The van der Waals surface area contributed by atoms with Gasteiger partial charge in [0.2, 0.25) is 0 Å². The summed E-state index contributed by atoms with van der Waals surface area (Å²) in [6.07, 6.45) is 1.24. The lowest BCUT2D eigenvalue weighted by molar-refractivity contribution is 0.0876. The number of piperazine rings is 1. The molecule has 0 radical (unpaired) electrons. The highest BCUT2D eigenvalue weighted by atomic mass is 79.9. The Bertz CT molecular complexity index is 141. The molecule has 1 atom stereocenters. The third-order valence-corrected chi connectivity index (χ3v) is 3.04. The van der Waals surface area contributed by atoms with E-state index in [1.807, 2.05) is 0 Å². The Labute approximate surface area is 114 Å². The van der Waals surface area contributed by atoms with E-state index in [0.29, 0.717) is 6.61 Å². The van der Waals surface area contributed by atoms with E-state index < -0.39 is 0 Å². The lowest BCUT2D eigenvalue weighted by Gasteiger charge is -2.37. The highest BCUT2D eigenvalue weighted by Crippen LogP contribution is 2.07. The van der Waals surface area contributed by atoms with Crippen LogP contribution in [0.15, 0.2) is 0 Å². The molecule has 0 amide bonds. The predicted octanol–water partition coefficient (Wildman–Crippen LogP) is 1.55. The molecule has 1 heterocycles. The minimum Gasteiger partial charge on any atom is -0.395 e. The number of β-amino-alcohol motifs (C(OH)–C–C–N with tert-alkyl or cyclic N) is 1. The van der Waals surface area contributed by atoms with E-state index in [4.69, 9.17) is 5.11 Å². The minimum atomic E-state index is 0. The van der Waals surface area contributed by atoms with Crippen molar-refractivity contribution in [3.63, 3.8) is 0 Å². The van der Waals surface area contributed by atoms with Crippen molar-refractivity contribution in [1.82, 2.24) is 9.80 Å². The quantitative estimate of drug-likeness (QED) is 0.835. The SMILES string of the molecule is Br.Br.CCC(C)N1CCN(CCO)CC1. The van der Waals surface area contributed by atoms with Crippen LogP contribution in [0.3, 0.4) is 0 Å². The molecule has 0 aromatic rings. The Balaban J connectivity index is 0. The molecule has 3 nitrogen and oxygen atoms in total. The van der Waals surface area contributed by atoms with Crippen LogP contribution in [-0.2, 0) is 0 Å². The lowest BCUT2D eigenvalue weighted by Crippen LogP contribution is -2.49. The van der Waals surface area contributed by atoms with Crippen LogP contribution in [0, 0.1) is 0 Å². The van der Waals surface area contributed by atoms with Crippen LogP contribution in [0.4, 0.5) is 0 Å². The Hall–Kier alpha value is 0.840. The van der Waals surface area contributed by atoms with Gasteiger partial charge in [-0.25, -0.2) is 0 Å². The monoisotopic (exact) mass is 346 g/mol. The van der Waals surface area contributed by atoms with Gasteiger partial charge in [0.25, 0.3) is 0 Å². The van der Waals surface area contributed by atoms with Gasteiger partial charge in [0.05, 0.1) is 6.61 Å². The largest absolute Gasteiger partial charge is 0.395 e. The molecule has 1 fully saturated rings. The highest BCUT2D eigenvalue weighted by molar-refractivity contribution is 8.93. The van der Waals surface area contributed by atoms with E-state index in [2.05, 4.69) is 23.6 Å². The molecule has 0 spiro atoms. The molecule has 1 aliphatic rings. The van der Waals surface area contributed by atoms with Crippen molar-refractivity contribution in [2.75, 3.05) is 39.3 Å². The number of aliphatic hydroxyl groups is 1. The van der Waals surface area contributed by atoms with Gasteiger partial charge in [0, 0.05) is 38.8 Å². The second kappa shape index (κ2) is 10.0. The van der Waals surface area contributed by atoms with Gasteiger partial charge in [-0.3, -0.25) is 9.80 Å². The minimum absolute atomic E-state index is 0. The summed E-state index contributed by atoms with van der Waals surface area (Å²) >= 11 is 0. The van der Waals surface area contributed by atoms with E-state index >= 15 is 0 Å². The number of halogens is 2. The fraction of sp³-hybridized carbons (Fsp3) is 1.00. The van der Waals surface area contributed by atoms with Gasteiger partial charge in [-0.15, -0.1) is 34.0 Å². The smallest absolute Gasteiger partial charge is 0.0558 e. The molecule has 0 aliphatic carbocycles. The Morgan fingerprint density at radius 2 is 1.67 bits per heavy atom. The maximum absolute atomic E-state index is 8.78. The van der Waals surface area contributed by atoms with Crippen molar-refractivity contribution in [3.8, 4) is 0 Å². The highest BCUT2D eigenvalue weighted by Gasteiger charge is 2.19. The summed E-state index contributed by atoms with van der Waals surface area (Å²) in [7, 11) is 0. The number of aliphatic hydroxyl groups excluding tert-OH is 1. The van der Waals surface area contributed by atoms with E-state index in [0.717, 1.165) is 38.8 Å². The van der Waals surface area contributed by atoms with Crippen LogP contribution in [0.25, 0.3) is 0 Å². The zero-order chi connectivity index (χ0) is 9.68. The molecule has 0 aromatic heterocycles. The van der Waals surface area contributed by atoms with Crippen molar-refractivity contribution in [2.45, 2.75) is 26.3 Å². The summed E-state index contributed by atoms with van der Waals surface area (Å²) in [4.78, 5) is 4.87. The van der Waals surface area contributed by atoms with Crippen LogP contribution < -0.4 is 0 Å². The average molecular weight is 348 g/mol. The molecular weight excluding hydrogens is 324 g/mol. The topological polar surface area (TPSA) is 26.7 Å². The average Bonchev–Trinajstić information content (AvgIpc) is 2.18. The molecule has 0 bridgehead atoms. The Morgan fingerprint density at radius 3 is 2.07 bits per heavy atom. The van der Waals surface area contributed by atoms with Crippen molar-refractivity contribution >= 4 is 34.0 Å². The Kier molecular flexibility index (Phi) is 12.2. The molecule has 0 aromatic carbocycles. The maximum atomic E-state index is 8.78. The second-order valence-electron chi connectivity index (χ2n) is 3.86. The summed E-state index contributed by atoms with van der Waals surface area (Å²) in [6, 6.07) is 0.719. The molecule has 0 saturated carbocycles. The third-order valence-electron chi connectivity index (χ3n) is 3.04. The normalized spacial score (nSPS) is 20.2. The first kappa shape index (κ1) is 18.2. The summed E-state index contributed by atoms with van der Waals surface area (Å²) in [5.41, 5.74) is 0. The number of hydrogen-bond acceptors (Lipinski definition) is 3. The summed E-state index contributed by atoms with van der Waals surface area (Å²) in [6.45, 7) is 10.2. The van der Waals surface area contributed by atoms with Gasteiger partial charge in [0.15, 0.2) is 0 Å². The summed E-state index contributed by atoms with van der Waals surface area (Å²) < 4.78 is 0. The lowest BCUT2D eigenvalue weighted by atomic mass is 10.2. The number of nitrogens with zero attached hydrogens (tertiary/aromatic N) is 2. The third kappa shape index (κ3) is 6.22. The second-order valence-corrected chi connectivity index (χ2v) is 3.86. The predicted molar refractivity (Wildman–Crippen MR) is 75.5 cm³/mol. The molecule has 15 heavy (non-hydrogen) atoms. The van der Waals surface area contributed by atoms with Gasteiger partial charge in [-0.1, -0.05) is 6.92 Å². The Morgan fingerprint density at radius 1 is 1.13 bits per heavy atom. The van der Waals surface area contributed by atoms with Gasteiger partial charge in [-0.2, -0.15) is 0 Å². The van der Waals surface area contributed by atoms with Crippen molar-refractivity contribution in [1.29, 1.82) is 0 Å². The van der Waals surface area contributed by atoms with Crippen molar-refractivity contribution < 1.29 is 5.11 Å². The molecule has 1 saturated heterocycles. The van der Waals surface area contributed by atoms with E-state index in [1.54, 1.807) is 0 Å². The standard InChI is InChI=1S/C10H22N2O.2BrH/c1-3-10(2)12-6-4-11(5-7-12)8-9-13;;/h10,13H,3-9H2,1-2H3;2*1H. The molecule has 1 unspecified atom stereocenters. The summed E-state index contributed by atoms with van der Waals surface area (Å²) in [5.74, 6) is 0. The van der Waals surface area contributed by atoms with E-state index in [9.17, 15) is 0 Å². The van der Waals surface area contributed by atoms with Crippen LogP contribution in [-0.4, -0.2) is 60.3 Å². The van der Waals surface area contributed by atoms with Crippen LogP contribution >= 0.6 is 34.0 Å². The number of hydrogen-bond donors (Lipinski definition) is 1.